The minimum atomic E-state index is 0.536. The van der Waals surface area contributed by atoms with E-state index in [2.05, 4.69) is 24.0 Å². The van der Waals surface area contributed by atoms with E-state index in [0.29, 0.717) is 5.69 Å². The fourth-order valence-corrected chi connectivity index (χ4v) is 1.91. The van der Waals surface area contributed by atoms with Crippen LogP contribution < -0.4 is 4.74 Å². The quantitative estimate of drug-likeness (QED) is 0.829. The molecule has 0 unspecified atom stereocenters. The van der Waals surface area contributed by atoms with Crippen LogP contribution in [0, 0.1) is 11.3 Å². The van der Waals surface area contributed by atoms with Crippen LogP contribution in [0.1, 0.15) is 18.2 Å². The van der Waals surface area contributed by atoms with Crippen LogP contribution in [-0.2, 0) is 13.5 Å². The molecule has 0 saturated heterocycles. The number of nitriles is 1. The van der Waals surface area contributed by atoms with E-state index in [9.17, 15) is 0 Å². The first kappa shape index (κ1) is 12.2. The highest BCUT2D eigenvalue weighted by molar-refractivity contribution is 5.66. The summed E-state index contributed by atoms with van der Waals surface area (Å²) in [6.45, 7) is 2.10. The van der Waals surface area contributed by atoms with Gasteiger partial charge < -0.3 is 9.30 Å². The number of benzene rings is 1. The van der Waals surface area contributed by atoms with Crippen LogP contribution in [0.15, 0.2) is 24.4 Å². The number of methoxy groups -OCH3 is 1. The fraction of sp³-hybridized carbons (Fsp3) is 0.286. The second kappa shape index (κ2) is 4.92. The number of rotatable bonds is 3. The highest BCUT2D eigenvalue weighted by atomic mass is 16.5. The maximum atomic E-state index is 8.96. The molecule has 0 fully saturated rings. The minimum Gasteiger partial charge on any atom is -0.496 e. The number of imidazole rings is 1. The predicted octanol–water partition coefficient (Wildman–Crippen LogP) is 2.53. The maximum absolute atomic E-state index is 8.96. The van der Waals surface area contributed by atoms with E-state index < -0.39 is 0 Å². The summed E-state index contributed by atoms with van der Waals surface area (Å²) in [5.41, 5.74) is 2.67. The van der Waals surface area contributed by atoms with E-state index in [4.69, 9.17) is 10.00 Å². The summed E-state index contributed by atoms with van der Waals surface area (Å²) < 4.78 is 7.14. The van der Waals surface area contributed by atoms with E-state index in [1.54, 1.807) is 17.9 Å². The molecular formula is C14H15N3O. The van der Waals surface area contributed by atoms with Crippen LogP contribution in [0.4, 0.5) is 0 Å². The third-order valence-electron chi connectivity index (χ3n) is 3.02. The number of aryl methyl sites for hydroxylation is 1. The zero-order valence-corrected chi connectivity index (χ0v) is 10.8. The fourth-order valence-electron chi connectivity index (χ4n) is 1.91. The summed E-state index contributed by atoms with van der Waals surface area (Å²) >= 11 is 0. The molecule has 2 rings (SSSR count). The van der Waals surface area contributed by atoms with Gasteiger partial charge in [-0.2, -0.15) is 5.26 Å². The molecule has 0 aliphatic carbocycles. The summed E-state index contributed by atoms with van der Waals surface area (Å²) in [7, 11) is 3.47. The zero-order valence-electron chi connectivity index (χ0n) is 10.8. The van der Waals surface area contributed by atoms with E-state index in [-0.39, 0.29) is 0 Å². The van der Waals surface area contributed by atoms with Gasteiger partial charge in [0.25, 0.3) is 0 Å². The predicted molar refractivity (Wildman–Crippen MR) is 69.3 cm³/mol. The van der Waals surface area contributed by atoms with Crippen LogP contribution in [0.3, 0.4) is 0 Å². The van der Waals surface area contributed by atoms with Gasteiger partial charge >= 0.3 is 0 Å². The lowest BCUT2D eigenvalue weighted by Crippen LogP contribution is -1.98. The number of nitrogens with zero attached hydrogens (tertiary/aromatic N) is 3. The Labute approximate surface area is 106 Å². The molecule has 0 spiro atoms. The molecule has 0 bridgehead atoms. The van der Waals surface area contributed by atoms with Crippen molar-refractivity contribution in [1.82, 2.24) is 9.55 Å². The molecule has 4 heteroatoms. The van der Waals surface area contributed by atoms with Gasteiger partial charge in [-0.3, -0.25) is 0 Å². The largest absolute Gasteiger partial charge is 0.496 e. The minimum absolute atomic E-state index is 0.536. The Morgan fingerprint density at radius 3 is 2.78 bits per heavy atom. The maximum Gasteiger partial charge on any atom is 0.144 e. The Morgan fingerprint density at radius 2 is 2.22 bits per heavy atom. The SMILES string of the molecule is CCc1ccc(OC)c(-c2ncc(C#N)n2C)c1. The van der Waals surface area contributed by atoms with Gasteiger partial charge in [-0.25, -0.2) is 4.98 Å². The molecule has 0 saturated carbocycles. The molecule has 18 heavy (non-hydrogen) atoms. The average molecular weight is 241 g/mol. The van der Waals surface area contributed by atoms with Crippen molar-refractivity contribution in [2.75, 3.05) is 7.11 Å². The average Bonchev–Trinajstić information content (AvgIpc) is 2.78. The molecule has 0 aliphatic rings. The van der Waals surface area contributed by atoms with Gasteiger partial charge in [-0.1, -0.05) is 13.0 Å². The van der Waals surface area contributed by atoms with Crippen molar-refractivity contribution in [3.05, 3.63) is 35.7 Å². The van der Waals surface area contributed by atoms with Crippen LogP contribution in [0.5, 0.6) is 5.75 Å². The lowest BCUT2D eigenvalue weighted by Gasteiger charge is -2.10. The van der Waals surface area contributed by atoms with Crippen molar-refractivity contribution >= 4 is 0 Å². The first-order valence-corrected chi connectivity index (χ1v) is 5.80. The van der Waals surface area contributed by atoms with Gasteiger partial charge in [0.05, 0.1) is 18.9 Å². The number of hydrogen-bond acceptors (Lipinski definition) is 3. The van der Waals surface area contributed by atoms with Crippen LogP contribution in [-0.4, -0.2) is 16.7 Å². The molecule has 0 atom stereocenters. The highest BCUT2D eigenvalue weighted by Gasteiger charge is 2.13. The van der Waals surface area contributed by atoms with Gasteiger partial charge in [-0.15, -0.1) is 0 Å². The number of hydrogen-bond donors (Lipinski definition) is 0. The van der Waals surface area contributed by atoms with Crippen molar-refractivity contribution in [1.29, 1.82) is 5.26 Å². The zero-order chi connectivity index (χ0) is 13.1. The summed E-state index contributed by atoms with van der Waals surface area (Å²) in [6.07, 6.45) is 2.53. The van der Waals surface area contributed by atoms with Crippen LogP contribution in [0.25, 0.3) is 11.4 Å². The van der Waals surface area contributed by atoms with Gasteiger partial charge in [0.1, 0.15) is 23.3 Å². The standard InChI is InChI=1S/C14H15N3O/c1-4-10-5-6-13(18-3)12(7-10)14-16-9-11(8-15)17(14)2/h5-7,9H,4H2,1-3H3. The molecule has 0 radical (unpaired) electrons. The molecule has 1 heterocycles. The Morgan fingerprint density at radius 1 is 1.44 bits per heavy atom. The highest BCUT2D eigenvalue weighted by Crippen LogP contribution is 2.30. The van der Waals surface area contributed by atoms with E-state index in [0.717, 1.165) is 23.6 Å². The Bertz CT molecular complexity index is 608. The van der Waals surface area contributed by atoms with E-state index in [1.165, 1.54) is 5.56 Å². The smallest absolute Gasteiger partial charge is 0.144 e. The summed E-state index contributed by atoms with van der Waals surface area (Å²) in [5, 5.41) is 8.96. The first-order valence-electron chi connectivity index (χ1n) is 5.80. The van der Waals surface area contributed by atoms with Gasteiger partial charge in [0.15, 0.2) is 0 Å². The van der Waals surface area contributed by atoms with Crippen molar-refractivity contribution in [3.63, 3.8) is 0 Å². The molecule has 1 aromatic heterocycles. The van der Waals surface area contributed by atoms with Crippen molar-refractivity contribution in [2.45, 2.75) is 13.3 Å². The Balaban J connectivity index is 2.61. The monoisotopic (exact) mass is 241 g/mol. The molecule has 2 aromatic rings. The van der Waals surface area contributed by atoms with Gasteiger partial charge in [0.2, 0.25) is 0 Å². The van der Waals surface area contributed by atoms with Crippen molar-refractivity contribution in [2.24, 2.45) is 7.05 Å². The summed E-state index contributed by atoms with van der Waals surface area (Å²) in [6, 6.07) is 8.15. The normalized spacial score (nSPS) is 10.1. The molecule has 0 amide bonds. The second-order valence-electron chi connectivity index (χ2n) is 4.03. The van der Waals surface area contributed by atoms with Crippen LogP contribution >= 0.6 is 0 Å². The molecule has 0 aliphatic heterocycles. The second-order valence-corrected chi connectivity index (χ2v) is 4.03. The number of ether oxygens (including phenoxy) is 1. The van der Waals surface area contributed by atoms with Crippen LogP contribution in [0.2, 0.25) is 0 Å². The van der Waals surface area contributed by atoms with E-state index >= 15 is 0 Å². The van der Waals surface area contributed by atoms with Gasteiger partial charge in [-0.05, 0) is 24.1 Å². The third-order valence-corrected chi connectivity index (χ3v) is 3.02. The lowest BCUT2D eigenvalue weighted by atomic mass is 10.1. The van der Waals surface area contributed by atoms with E-state index in [1.807, 2.05) is 19.2 Å². The Hall–Kier alpha value is -2.28. The molecule has 0 N–H and O–H groups in total. The topological polar surface area (TPSA) is 50.8 Å². The molecular weight excluding hydrogens is 226 g/mol. The molecule has 1 aromatic carbocycles. The van der Waals surface area contributed by atoms with Gasteiger partial charge in [0, 0.05) is 7.05 Å². The summed E-state index contributed by atoms with van der Waals surface area (Å²) in [4.78, 5) is 4.30. The molecule has 4 nitrogen and oxygen atoms in total. The Kier molecular flexibility index (Phi) is 3.33. The van der Waals surface area contributed by atoms with Crippen molar-refractivity contribution in [3.8, 4) is 23.2 Å². The third kappa shape index (κ3) is 1.95. The lowest BCUT2D eigenvalue weighted by molar-refractivity contribution is 0.416. The molecule has 92 valence electrons. The van der Waals surface area contributed by atoms with Crippen molar-refractivity contribution < 1.29 is 4.74 Å². The summed E-state index contributed by atoms with van der Waals surface area (Å²) in [5.74, 6) is 1.52. The number of aromatic nitrogens is 2. The first-order chi connectivity index (χ1) is 8.71.